The third-order valence-corrected chi connectivity index (χ3v) is 8.10. The standard InChI is InChI=1S/C25H19Cl2N3OS2/c1-3-29-20-14-17(27)9-12-21(20)32-24(29)22-23(31)30(19-6-4-5-15(2)13-19)25(33-22)28-18-10-7-16(26)8-11-18/h4-14H,3H2,1-2H3. The minimum Gasteiger partial charge on any atom is -0.334 e. The van der Waals surface area contributed by atoms with Gasteiger partial charge in [0.05, 0.1) is 17.1 Å². The molecule has 166 valence electrons. The van der Waals surface area contributed by atoms with Gasteiger partial charge in [0.25, 0.3) is 5.91 Å². The van der Waals surface area contributed by atoms with Crippen molar-refractivity contribution < 1.29 is 4.79 Å². The number of anilines is 2. The van der Waals surface area contributed by atoms with Gasteiger partial charge in [-0.15, -0.1) is 0 Å². The second-order valence-corrected chi connectivity index (χ2v) is 10.4. The van der Waals surface area contributed by atoms with E-state index >= 15 is 0 Å². The number of nitrogens with zero attached hydrogens (tertiary/aromatic N) is 3. The van der Waals surface area contributed by atoms with Crippen molar-refractivity contribution in [2.24, 2.45) is 4.99 Å². The Morgan fingerprint density at radius 1 is 0.939 bits per heavy atom. The number of benzene rings is 3. The number of amides is 1. The van der Waals surface area contributed by atoms with Crippen LogP contribution in [0.25, 0.3) is 0 Å². The van der Waals surface area contributed by atoms with E-state index in [2.05, 4.69) is 11.8 Å². The van der Waals surface area contributed by atoms with Crippen LogP contribution in [-0.4, -0.2) is 17.6 Å². The highest BCUT2D eigenvalue weighted by Crippen LogP contribution is 2.51. The van der Waals surface area contributed by atoms with Crippen LogP contribution < -0.4 is 9.80 Å². The number of thioether (sulfide) groups is 2. The number of rotatable bonds is 3. The average molecular weight is 512 g/mol. The Morgan fingerprint density at radius 2 is 1.70 bits per heavy atom. The van der Waals surface area contributed by atoms with Crippen LogP contribution in [0.1, 0.15) is 12.5 Å². The molecule has 2 heterocycles. The van der Waals surface area contributed by atoms with Crippen LogP contribution in [0.3, 0.4) is 0 Å². The molecule has 0 saturated carbocycles. The molecule has 0 aliphatic carbocycles. The maximum atomic E-state index is 13.8. The quantitative estimate of drug-likeness (QED) is 0.335. The minimum absolute atomic E-state index is 0.0850. The molecule has 0 atom stereocenters. The number of carbonyl (C=O) groups is 1. The van der Waals surface area contributed by atoms with Crippen molar-refractivity contribution in [2.75, 3.05) is 16.3 Å². The van der Waals surface area contributed by atoms with Crippen molar-refractivity contribution >= 4 is 74.9 Å². The summed E-state index contributed by atoms with van der Waals surface area (Å²) in [6, 6.07) is 21.0. The van der Waals surface area contributed by atoms with Gasteiger partial charge < -0.3 is 4.90 Å². The molecule has 1 fully saturated rings. The second-order valence-electron chi connectivity index (χ2n) is 7.55. The summed E-state index contributed by atoms with van der Waals surface area (Å²) in [5, 5.41) is 2.84. The van der Waals surface area contributed by atoms with Gasteiger partial charge in [-0.05, 0) is 85.8 Å². The lowest BCUT2D eigenvalue weighted by atomic mass is 10.2. The SMILES string of the molecule is CCN1C(=C2SC(=Nc3ccc(Cl)cc3)N(c3cccc(C)c3)C2=O)Sc2ccc(Cl)cc21. The van der Waals surface area contributed by atoms with Gasteiger partial charge in [-0.1, -0.05) is 47.1 Å². The molecule has 1 amide bonds. The molecule has 0 radical (unpaired) electrons. The van der Waals surface area contributed by atoms with Crippen molar-refractivity contribution in [1.29, 1.82) is 0 Å². The molecule has 1 saturated heterocycles. The first-order valence-corrected chi connectivity index (χ1v) is 12.8. The van der Waals surface area contributed by atoms with Gasteiger partial charge in [0.15, 0.2) is 5.17 Å². The van der Waals surface area contributed by atoms with Gasteiger partial charge in [0.2, 0.25) is 0 Å². The Balaban J connectivity index is 1.63. The zero-order chi connectivity index (χ0) is 23.1. The maximum Gasteiger partial charge on any atom is 0.274 e. The van der Waals surface area contributed by atoms with Gasteiger partial charge in [-0.25, -0.2) is 4.99 Å². The molecule has 0 bridgehead atoms. The molecule has 2 aliphatic heterocycles. The van der Waals surface area contributed by atoms with Gasteiger partial charge in [0.1, 0.15) is 9.93 Å². The molecule has 0 spiro atoms. The summed E-state index contributed by atoms with van der Waals surface area (Å²) in [6.45, 7) is 4.81. The summed E-state index contributed by atoms with van der Waals surface area (Å²) in [7, 11) is 0. The zero-order valence-electron chi connectivity index (χ0n) is 17.9. The first-order valence-electron chi connectivity index (χ1n) is 10.4. The first kappa shape index (κ1) is 22.4. The number of fused-ring (bicyclic) bond motifs is 1. The van der Waals surface area contributed by atoms with E-state index in [4.69, 9.17) is 28.2 Å². The largest absolute Gasteiger partial charge is 0.334 e. The van der Waals surface area contributed by atoms with Crippen LogP contribution in [0, 0.1) is 6.92 Å². The molecular weight excluding hydrogens is 493 g/mol. The number of carbonyl (C=O) groups excluding carboxylic acids is 1. The molecular formula is C25H19Cl2N3OS2. The summed E-state index contributed by atoms with van der Waals surface area (Å²) >= 11 is 15.3. The Hall–Kier alpha value is -2.38. The molecule has 3 aromatic carbocycles. The van der Waals surface area contributed by atoms with Crippen LogP contribution >= 0.6 is 46.7 Å². The number of hydrogen-bond donors (Lipinski definition) is 0. The number of aryl methyl sites for hydroxylation is 1. The maximum absolute atomic E-state index is 13.8. The third-order valence-electron chi connectivity index (χ3n) is 5.27. The Labute approximate surface area is 211 Å². The molecule has 0 N–H and O–H groups in total. The fourth-order valence-electron chi connectivity index (χ4n) is 3.74. The lowest BCUT2D eigenvalue weighted by molar-refractivity contribution is -0.113. The van der Waals surface area contributed by atoms with Crippen LogP contribution in [0.15, 0.2) is 86.6 Å². The van der Waals surface area contributed by atoms with Crippen molar-refractivity contribution in [2.45, 2.75) is 18.7 Å². The average Bonchev–Trinajstić information content (AvgIpc) is 3.31. The van der Waals surface area contributed by atoms with Crippen LogP contribution in [0.4, 0.5) is 17.1 Å². The van der Waals surface area contributed by atoms with Crippen molar-refractivity contribution in [3.63, 3.8) is 0 Å². The highest BCUT2D eigenvalue weighted by molar-refractivity contribution is 8.20. The molecule has 8 heteroatoms. The van der Waals surface area contributed by atoms with E-state index in [1.807, 2.05) is 61.5 Å². The molecule has 0 aromatic heterocycles. The van der Waals surface area contributed by atoms with Gasteiger partial charge in [0, 0.05) is 21.5 Å². The van der Waals surface area contributed by atoms with E-state index in [0.717, 1.165) is 39.1 Å². The summed E-state index contributed by atoms with van der Waals surface area (Å²) in [6.07, 6.45) is 0. The van der Waals surface area contributed by atoms with Crippen molar-refractivity contribution in [1.82, 2.24) is 0 Å². The smallest absolute Gasteiger partial charge is 0.274 e. The first-order chi connectivity index (χ1) is 15.9. The summed E-state index contributed by atoms with van der Waals surface area (Å²) in [5.74, 6) is -0.0850. The lowest BCUT2D eigenvalue weighted by Crippen LogP contribution is -2.29. The zero-order valence-corrected chi connectivity index (χ0v) is 21.0. The number of hydrogen-bond acceptors (Lipinski definition) is 5. The molecule has 3 aromatic rings. The fraction of sp³-hybridized carbons (Fsp3) is 0.120. The van der Waals surface area contributed by atoms with Gasteiger partial charge in [-0.2, -0.15) is 0 Å². The Kier molecular flexibility index (Phi) is 6.18. The topological polar surface area (TPSA) is 35.9 Å². The van der Waals surface area contributed by atoms with E-state index in [1.54, 1.807) is 28.8 Å². The lowest BCUT2D eigenvalue weighted by Gasteiger charge is -2.19. The normalized spacial score (nSPS) is 19.0. The number of aliphatic imine (C=N–C) groups is 1. The second kappa shape index (κ2) is 9.11. The van der Waals surface area contributed by atoms with Gasteiger partial charge in [-0.3, -0.25) is 9.69 Å². The number of halogens is 2. The highest BCUT2D eigenvalue weighted by Gasteiger charge is 2.40. The predicted molar refractivity (Wildman–Crippen MR) is 142 cm³/mol. The Bertz CT molecular complexity index is 1320. The monoisotopic (exact) mass is 511 g/mol. The van der Waals surface area contributed by atoms with Crippen LogP contribution in [0.2, 0.25) is 10.0 Å². The van der Waals surface area contributed by atoms with E-state index < -0.39 is 0 Å². The van der Waals surface area contributed by atoms with Crippen LogP contribution in [0.5, 0.6) is 0 Å². The third kappa shape index (κ3) is 4.28. The summed E-state index contributed by atoms with van der Waals surface area (Å²) in [5.41, 5.74) is 3.63. The van der Waals surface area contributed by atoms with E-state index in [0.29, 0.717) is 20.1 Å². The van der Waals surface area contributed by atoms with E-state index in [1.165, 1.54) is 11.8 Å². The molecule has 5 rings (SSSR count). The van der Waals surface area contributed by atoms with Gasteiger partial charge >= 0.3 is 0 Å². The highest BCUT2D eigenvalue weighted by atomic mass is 35.5. The van der Waals surface area contributed by atoms with Crippen LogP contribution in [-0.2, 0) is 4.79 Å². The van der Waals surface area contributed by atoms with Crippen molar-refractivity contribution in [3.8, 4) is 0 Å². The summed E-state index contributed by atoms with van der Waals surface area (Å²) in [4.78, 5) is 24.2. The molecule has 4 nitrogen and oxygen atoms in total. The molecule has 33 heavy (non-hydrogen) atoms. The van der Waals surface area contributed by atoms with E-state index in [-0.39, 0.29) is 5.91 Å². The van der Waals surface area contributed by atoms with E-state index in [9.17, 15) is 4.79 Å². The predicted octanol–water partition coefficient (Wildman–Crippen LogP) is 7.87. The minimum atomic E-state index is -0.0850. The number of amidine groups is 1. The molecule has 2 aliphatic rings. The van der Waals surface area contributed by atoms with Crippen molar-refractivity contribution in [3.05, 3.63) is 92.3 Å². The Morgan fingerprint density at radius 3 is 2.42 bits per heavy atom. The summed E-state index contributed by atoms with van der Waals surface area (Å²) < 4.78 is 0. The fourth-order valence-corrected chi connectivity index (χ4v) is 6.40. The molecule has 0 unspecified atom stereocenters.